The van der Waals surface area contributed by atoms with E-state index in [0.717, 1.165) is 48.8 Å². The molecule has 3 heterocycles. The van der Waals surface area contributed by atoms with Crippen LogP contribution in [-0.4, -0.2) is 38.4 Å². The number of morpholine rings is 1. The first kappa shape index (κ1) is 25.1. The van der Waals surface area contributed by atoms with Gasteiger partial charge < -0.3 is 19.4 Å². The van der Waals surface area contributed by atoms with Crippen molar-refractivity contribution >= 4 is 51.6 Å². The second-order valence-corrected chi connectivity index (χ2v) is 12.0. The van der Waals surface area contributed by atoms with Crippen LogP contribution in [0.2, 0.25) is 5.02 Å². The molecule has 0 bridgehead atoms. The van der Waals surface area contributed by atoms with Gasteiger partial charge in [0.15, 0.2) is 5.88 Å². The van der Waals surface area contributed by atoms with Gasteiger partial charge in [-0.2, -0.15) is 0 Å². The fourth-order valence-electron chi connectivity index (χ4n) is 4.85. The van der Waals surface area contributed by atoms with E-state index in [9.17, 15) is 4.79 Å². The van der Waals surface area contributed by atoms with Gasteiger partial charge in [-0.1, -0.05) is 32.4 Å². The SMILES string of the molecule is CC(C)(C)[C@H]1CCc2c(sc(N=Cc3ccc(N4CCOCC4)o3)c2C(=O)Nc2ccc(Cl)cc2)C1. The number of ether oxygens (including phenoxy) is 1. The predicted octanol–water partition coefficient (Wildman–Crippen LogP) is 6.99. The summed E-state index contributed by atoms with van der Waals surface area (Å²) < 4.78 is 11.5. The van der Waals surface area contributed by atoms with Crippen molar-refractivity contribution < 1.29 is 13.9 Å². The molecule has 0 saturated carbocycles. The minimum atomic E-state index is -0.135. The van der Waals surface area contributed by atoms with Crippen molar-refractivity contribution in [2.24, 2.45) is 16.3 Å². The molecule has 3 aromatic rings. The van der Waals surface area contributed by atoms with Crippen LogP contribution in [0.25, 0.3) is 0 Å². The minimum absolute atomic E-state index is 0.135. The first-order chi connectivity index (χ1) is 17.3. The number of hydrogen-bond donors (Lipinski definition) is 1. The molecule has 5 rings (SSSR count). The largest absolute Gasteiger partial charge is 0.440 e. The third-order valence-corrected chi connectivity index (χ3v) is 8.46. The Bertz CT molecular complexity index is 1250. The predicted molar refractivity (Wildman–Crippen MR) is 148 cm³/mol. The second kappa shape index (κ2) is 10.4. The van der Waals surface area contributed by atoms with Gasteiger partial charge in [0.1, 0.15) is 10.8 Å². The maximum Gasteiger partial charge on any atom is 0.259 e. The number of furan rings is 1. The number of nitrogens with zero attached hydrogens (tertiary/aromatic N) is 2. The van der Waals surface area contributed by atoms with Crippen LogP contribution < -0.4 is 10.2 Å². The van der Waals surface area contributed by atoms with E-state index in [0.29, 0.717) is 41.2 Å². The lowest BCUT2D eigenvalue weighted by Gasteiger charge is -2.33. The summed E-state index contributed by atoms with van der Waals surface area (Å²) >= 11 is 7.65. The lowest BCUT2D eigenvalue weighted by molar-refractivity contribution is 0.102. The number of nitrogens with one attached hydrogen (secondary N) is 1. The van der Waals surface area contributed by atoms with Gasteiger partial charge in [0.25, 0.3) is 5.91 Å². The Kier molecular flexibility index (Phi) is 7.24. The normalized spacial score (nSPS) is 18.4. The van der Waals surface area contributed by atoms with Crippen molar-refractivity contribution in [1.29, 1.82) is 0 Å². The third-order valence-electron chi connectivity index (χ3n) is 7.04. The first-order valence-electron chi connectivity index (χ1n) is 12.5. The summed E-state index contributed by atoms with van der Waals surface area (Å²) in [6, 6.07) is 11.1. The van der Waals surface area contributed by atoms with E-state index in [2.05, 4.69) is 31.0 Å². The quantitative estimate of drug-likeness (QED) is 0.365. The molecule has 1 N–H and O–H groups in total. The van der Waals surface area contributed by atoms with Crippen molar-refractivity contribution in [3.8, 4) is 0 Å². The molecular formula is C28H32ClN3O3S. The fourth-order valence-corrected chi connectivity index (χ4v) is 6.24. The number of benzene rings is 1. The minimum Gasteiger partial charge on any atom is -0.440 e. The van der Waals surface area contributed by atoms with E-state index >= 15 is 0 Å². The van der Waals surface area contributed by atoms with E-state index < -0.39 is 0 Å². The summed E-state index contributed by atoms with van der Waals surface area (Å²) in [6.07, 6.45) is 4.65. The van der Waals surface area contributed by atoms with E-state index in [1.165, 1.54) is 4.88 Å². The molecule has 1 aromatic carbocycles. The molecule has 1 aliphatic carbocycles. The van der Waals surface area contributed by atoms with Gasteiger partial charge >= 0.3 is 0 Å². The summed E-state index contributed by atoms with van der Waals surface area (Å²) in [5.74, 6) is 1.93. The Morgan fingerprint density at radius 2 is 1.92 bits per heavy atom. The molecule has 0 radical (unpaired) electrons. The number of carbonyl (C=O) groups excluding carboxylic acids is 1. The Hall–Kier alpha value is -2.61. The average Bonchev–Trinajstić information content (AvgIpc) is 3.48. The van der Waals surface area contributed by atoms with Crippen LogP contribution in [0.4, 0.5) is 16.6 Å². The van der Waals surface area contributed by atoms with Gasteiger partial charge in [-0.05, 0) is 66.5 Å². The highest BCUT2D eigenvalue weighted by molar-refractivity contribution is 7.16. The highest BCUT2D eigenvalue weighted by atomic mass is 35.5. The Morgan fingerprint density at radius 1 is 1.17 bits per heavy atom. The summed E-state index contributed by atoms with van der Waals surface area (Å²) in [4.78, 5) is 21.7. The number of rotatable bonds is 5. The Labute approximate surface area is 221 Å². The van der Waals surface area contributed by atoms with Crippen LogP contribution in [0.5, 0.6) is 0 Å². The van der Waals surface area contributed by atoms with Gasteiger partial charge in [0, 0.05) is 34.7 Å². The van der Waals surface area contributed by atoms with Crippen molar-refractivity contribution in [1.82, 2.24) is 0 Å². The highest BCUT2D eigenvalue weighted by Gasteiger charge is 2.33. The standard InChI is InChI=1S/C28H32ClN3O3S/c1-28(2,3)18-4-10-22-23(16-18)36-27(25(22)26(33)31-20-7-5-19(29)6-8-20)30-17-21-9-11-24(35-21)32-12-14-34-15-13-32/h5-9,11,17-18H,4,10,12-16H2,1-3H3,(H,31,33)/t18-/m0/s1. The molecule has 0 unspecified atom stereocenters. The average molecular weight is 526 g/mol. The van der Waals surface area contributed by atoms with Crippen LogP contribution in [0.15, 0.2) is 45.8 Å². The van der Waals surface area contributed by atoms with Gasteiger partial charge in [0.2, 0.25) is 0 Å². The zero-order valence-corrected chi connectivity index (χ0v) is 22.5. The van der Waals surface area contributed by atoms with E-state index in [4.69, 9.17) is 25.7 Å². The maximum absolute atomic E-state index is 13.5. The molecule has 190 valence electrons. The Morgan fingerprint density at radius 3 is 2.64 bits per heavy atom. The topological polar surface area (TPSA) is 67.1 Å². The molecule has 1 aliphatic heterocycles. The first-order valence-corrected chi connectivity index (χ1v) is 13.7. The summed E-state index contributed by atoms with van der Waals surface area (Å²) in [5.41, 5.74) is 2.74. The van der Waals surface area contributed by atoms with Crippen molar-refractivity contribution in [2.75, 3.05) is 36.5 Å². The molecule has 0 spiro atoms. The molecule has 2 aliphatic rings. The summed E-state index contributed by atoms with van der Waals surface area (Å²) in [7, 11) is 0. The smallest absolute Gasteiger partial charge is 0.259 e. The van der Waals surface area contributed by atoms with Gasteiger partial charge in [0.05, 0.1) is 25.0 Å². The maximum atomic E-state index is 13.5. The molecule has 1 atom stereocenters. The molecule has 1 saturated heterocycles. The van der Waals surface area contributed by atoms with Crippen LogP contribution in [-0.2, 0) is 17.6 Å². The number of thiophene rings is 1. The van der Waals surface area contributed by atoms with E-state index in [1.807, 2.05) is 24.3 Å². The van der Waals surface area contributed by atoms with Gasteiger partial charge in [-0.3, -0.25) is 4.79 Å². The second-order valence-electron chi connectivity index (χ2n) is 10.5. The zero-order valence-electron chi connectivity index (χ0n) is 21.0. The lowest BCUT2D eigenvalue weighted by Crippen LogP contribution is -2.35. The summed E-state index contributed by atoms with van der Waals surface area (Å²) in [5, 5.41) is 4.40. The lowest BCUT2D eigenvalue weighted by atomic mass is 9.72. The fraction of sp³-hybridized carbons (Fsp3) is 0.429. The molecule has 36 heavy (non-hydrogen) atoms. The van der Waals surface area contributed by atoms with Crippen molar-refractivity contribution in [2.45, 2.75) is 40.0 Å². The van der Waals surface area contributed by atoms with Crippen molar-refractivity contribution in [3.05, 3.63) is 63.2 Å². The number of amides is 1. The van der Waals surface area contributed by atoms with Crippen LogP contribution in [0, 0.1) is 11.3 Å². The number of fused-ring (bicyclic) bond motifs is 1. The number of aliphatic imine (C=N–C) groups is 1. The van der Waals surface area contributed by atoms with E-state index in [1.54, 1.807) is 29.7 Å². The number of halogens is 1. The molecule has 6 nitrogen and oxygen atoms in total. The van der Waals surface area contributed by atoms with Gasteiger partial charge in [-0.15, -0.1) is 11.3 Å². The monoisotopic (exact) mass is 525 g/mol. The number of hydrogen-bond acceptors (Lipinski definition) is 6. The molecular weight excluding hydrogens is 494 g/mol. The van der Waals surface area contributed by atoms with Crippen LogP contribution in [0.3, 0.4) is 0 Å². The highest BCUT2D eigenvalue weighted by Crippen LogP contribution is 2.45. The van der Waals surface area contributed by atoms with Crippen LogP contribution in [0.1, 0.15) is 53.8 Å². The molecule has 8 heteroatoms. The number of anilines is 2. The molecule has 2 aromatic heterocycles. The van der Waals surface area contributed by atoms with E-state index in [-0.39, 0.29) is 11.3 Å². The van der Waals surface area contributed by atoms with Gasteiger partial charge in [-0.25, -0.2) is 4.99 Å². The molecule has 1 amide bonds. The van der Waals surface area contributed by atoms with Crippen molar-refractivity contribution in [3.63, 3.8) is 0 Å². The Balaban J connectivity index is 1.43. The zero-order chi connectivity index (χ0) is 25.3. The number of carbonyl (C=O) groups is 1. The van der Waals surface area contributed by atoms with Crippen LogP contribution >= 0.6 is 22.9 Å². The molecule has 1 fully saturated rings. The third kappa shape index (κ3) is 5.53. The summed E-state index contributed by atoms with van der Waals surface area (Å²) in [6.45, 7) is 9.92.